The molecule has 1 N–H and O–H groups in total. The highest BCUT2D eigenvalue weighted by Gasteiger charge is 2.32. The van der Waals surface area contributed by atoms with Crippen LogP contribution in [0.4, 0.5) is 11.4 Å². The van der Waals surface area contributed by atoms with Gasteiger partial charge in [0.05, 0.1) is 17.5 Å². The summed E-state index contributed by atoms with van der Waals surface area (Å²) < 4.78 is 31.3. The molecule has 1 aliphatic rings. The van der Waals surface area contributed by atoms with E-state index in [2.05, 4.69) is 5.32 Å². The fraction of sp³-hybridized carbons (Fsp3) is 0.200. The Morgan fingerprint density at radius 1 is 1.03 bits per heavy atom. The highest BCUT2D eigenvalue weighted by molar-refractivity contribution is 7.92. The Hall–Kier alpha value is -3.65. The zero-order valence-corrected chi connectivity index (χ0v) is 19.1. The van der Waals surface area contributed by atoms with Gasteiger partial charge >= 0.3 is 0 Å². The first-order valence-electron chi connectivity index (χ1n) is 10.5. The summed E-state index contributed by atoms with van der Waals surface area (Å²) in [6.07, 6.45) is 1.71. The highest BCUT2D eigenvalue weighted by atomic mass is 32.2. The first kappa shape index (κ1) is 22.5. The van der Waals surface area contributed by atoms with Gasteiger partial charge in [0.15, 0.2) is 12.4 Å². The largest absolute Gasteiger partial charge is 0.485 e. The van der Waals surface area contributed by atoms with Crippen molar-refractivity contribution in [3.05, 3.63) is 89.5 Å². The second kappa shape index (κ2) is 9.07. The van der Waals surface area contributed by atoms with Crippen LogP contribution in [0.25, 0.3) is 0 Å². The molecule has 4 rings (SSSR count). The van der Waals surface area contributed by atoms with Crippen molar-refractivity contribution in [2.75, 3.05) is 22.5 Å². The molecule has 0 fully saturated rings. The third-order valence-electron chi connectivity index (χ3n) is 5.43. The number of Topliss-reactive ketones (excluding diaryl/α,β-unsaturated/α-hetero) is 1. The van der Waals surface area contributed by atoms with Gasteiger partial charge in [-0.25, -0.2) is 8.42 Å². The van der Waals surface area contributed by atoms with E-state index in [0.717, 1.165) is 5.56 Å². The highest BCUT2D eigenvalue weighted by Crippen LogP contribution is 2.34. The molecule has 0 aliphatic carbocycles. The van der Waals surface area contributed by atoms with Crippen LogP contribution in [0.2, 0.25) is 0 Å². The van der Waals surface area contributed by atoms with Crippen LogP contribution in [0.5, 0.6) is 5.75 Å². The molecule has 0 radical (unpaired) electrons. The standard InChI is InChI=1S/C25H24N2O5S/c1-17-14-19-15-18(12-13-22(19)27(17)33(2,30)31)23(28)16-32-24-11-7-6-10-21(24)25(29)26-20-8-4-3-5-9-20/h3-13,15,17H,14,16H2,1-2H3,(H,26,29). The van der Waals surface area contributed by atoms with Crippen LogP contribution in [0.1, 0.15) is 33.2 Å². The van der Waals surface area contributed by atoms with Gasteiger partial charge in [-0.1, -0.05) is 30.3 Å². The smallest absolute Gasteiger partial charge is 0.259 e. The predicted octanol–water partition coefficient (Wildman–Crippen LogP) is 3.91. The first-order valence-corrected chi connectivity index (χ1v) is 12.3. The summed E-state index contributed by atoms with van der Waals surface area (Å²) >= 11 is 0. The SMILES string of the molecule is CC1Cc2cc(C(=O)COc3ccccc3C(=O)Nc3ccccc3)ccc2N1S(C)(=O)=O. The van der Waals surface area contributed by atoms with Crippen LogP contribution in [0.15, 0.2) is 72.8 Å². The molecule has 1 atom stereocenters. The third kappa shape index (κ3) is 4.90. The summed E-state index contributed by atoms with van der Waals surface area (Å²) in [5, 5.41) is 2.81. The Kier molecular flexibility index (Phi) is 6.20. The lowest BCUT2D eigenvalue weighted by atomic mass is 10.0. The van der Waals surface area contributed by atoms with Crippen molar-refractivity contribution < 1.29 is 22.7 Å². The number of carbonyl (C=O) groups is 2. The lowest BCUT2D eigenvalue weighted by Gasteiger charge is -2.21. The van der Waals surface area contributed by atoms with Gasteiger partial charge in [-0.3, -0.25) is 13.9 Å². The van der Waals surface area contributed by atoms with Crippen molar-refractivity contribution in [3.63, 3.8) is 0 Å². The molecule has 33 heavy (non-hydrogen) atoms. The Labute approximate surface area is 193 Å². The second-order valence-electron chi connectivity index (χ2n) is 7.98. The molecular weight excluding hydrogens is 440 g/mol. The quantitative estimate of drug-likeness (QED) is 0.535. The van der Waals surface area contributed by atoms with Crippen LogP contribution in [-0.4, -0.2) is 39.0 Å². The van der Waals surface area contributed by atoms with Gasteiger partial charge in [0.1, 0.15) is 5.75 Å². The Balaban J connectivity index is 1.47. The summed E-state index contributed by atoms with van der Waals surface area (Å²) in [6.45, 7) is 1.59. The third-order valence-corrected chi connectivity index (χ3v) is 6.71. The molecule has 1 amide bonds. The molecule has 170 valence electrons. The van der Waals surface area contributed by atoms with E-state index in [9.17, 15) is 18.0 Å². The molecule has 1 heterocycles. The van der Waals surface area contributed by atoms with Crippen LogP contribution < -0.4 is 14.4 Å². The van der Waals surface area contributed by atoms with Crippen LogP contribution in [-0.2, 0) is 16.4 Å². The number of sulfonamides is 1. The number of carbonyl (C=O) groups excluding carboxylic acids is 2. The minimum absolute atomic E-state index is 0.202. The van der Waals surface area contributed by atoms with E-state index in [1.165, 1.54) is 10.6 Å². The van der Waals surface area contributed by atoms with Gasteiger partial charge in [-0.15, -0.1) is 0 Å². The molecule has 0 bridgehead atoms. The number of hydrogen-bond donors (Lipinski definition) is 1. The van der Waals surface area contributed by atoms with Crippen molar-refractivity contribution in [2.45, 2.75) is 19.4 Å². The maximum Gasteiger partial charge on any atom is 0.259 e. The molecular formula is C25H24N2O5S. The lowest BCUT2D eigenvalue weighted by molar-refractivity contribution is 0.0914. The number of ether oxygens (including phenoxy) is 1. The summed E-state index contributed by atoms with van der Waals surface area (Å²) in [6, 6.07) is 20.6. The Morgan fingerprint density at radius 2 is 1.73 bits per heavy atom. The molecule has 7 nitrogen and oxygen atoms in total. The molecule has 0 saturated carbocycles. The number of benzene rings is 3. The number of nitrogens with one attached hydrogen (secondary N) is 1. The van der Waals surface area contributed by atoms with Crippen molar-refractivity contribution in [1.29, 1.82) is 0 Å². The normalized spacial score (nSPS) is 15.1. The molecule has 0 aromatic heterocycles. The first-order chi connectivity index (χ1) is 15.7. The molecule has 3 aromatic carbocycles. The molecule has 0 saturated heterocycles. The number of anilines is 2. The average molecular weight is 465 g/mol. The van der Waals surface area contributed by atoms with E-state index < -0.39 is 10.0 Å². The molecule has 0 spiro atoms. The Bertz CT molecular complexity index is 1310. The number of para-hydroxylation sites is 2. The van der Waals surface area contributed by atoms with Crippen molar-refractivity contribution >= 4 is 33.1 Å². The van der Waals surface area contributed by atoms with E-state index >= 15 is 0 Å². The zero-order chi connectivity index (χ0) is 23.6. The number of fused-ring (bicyclic) bond motifs is 1. The van der Waals surface area contributed by atoms with Crippen LogP contribution >= 0.6 is 0 Å². The average Bonchev–Trinajstić information content (AvgIpc) is 3.13. The maximum absolute atomic E-state index is 12.8. The van der Waals surface area contributed by atoms with Crippen molar-refractivity contribution in [1.82, 2.24) is 0 Å². The second-order valence-corrected chi connectivity index (χ2v) is 9.84. The van der Waals surface area contributed by atoms with Gasteiger partial charge in [0.2, 0.25) is 10.0 Å². The topological polar surface area (TPSA) is 92.8 Å². The summed E-state index contributed by atoms with van der Waals surface area (Å²) in [5.41, 5.74) is 2.82. The van der Waals surface area contributed by atoms with E-state index in [-0.39, 0.29) is 24.3 Å². The molecule has 8 heteroatoms. The monoisotopic (exact) mass is 464 g/mol. The van der Waals surface area contributed by atoms with Crippen LogP contribution in [0.3, 0.4) is 0 Å². The fourth-order valence-corrected chi connectivity index (χ4v) is 5.27. The molecule has 3 aromatic rings. The van der Waals surface area contributed by atoms with Crippen molar-refractivity contribution in [2.24, 2.45) is 0 Å². The summed E-state index contributed by atoms with van der Waals surface area (Å²) in [7, 11) is -3.39. The van der Waals surface area contributed by atoms with Gasteiger partial charge < -0.3 is 10.1 Å². The minimum atomic E-state index is -3.39. The summed E-state index contributed by atoms with van der Waals surface area (Å²) in [5.74, 6) is -0.296. The van der Waals surface area contributed by atoms with Gasteiger partial charge in [0.25, 0.3) is 5.91 Å². The predicted molar refractivity (Wildman–Crippen MR) is 128 cm³/mol. The van der Waals surface area contributed by atoms with E-state index in [0.29, 0.717) is 34.7 Å². The molecule has 1 unspecified atom stereocenters. The summed E-state index contributed by atoms with van der Waals surface area (Å²) in [4.78, 5) is 25.5. The van der Waals surface area contributed by atoms with Gasteiger partial charge in [0, 0.05) is 17.3 Å². The Morgan fingerprint density at radius 3 is 2.45 bits per heavy atom. The fourth-order valence-electron chi connectivity index (χ4n) is 4.01. The van der Waals surface area contributed by atoms with Crippen LogP contribution in [0, 0.1) is 0 Å². The number of amides is 1. The van der Waals surface area contributed by atoms with E-state index in [4.69, 9.17) is 4.74 Å². The number of rotatable bonds is 7. The minimum Gasteiger partial charge on any atom is -0.485 e. The van der Waals surface area contributed by atoms with Crippen molar-refractivity contribution in [3.8, 4) is 5.75 Å². The number of ketones is 1. The zero-order valence-electron chi connectivity index (χ0n) is 18.3. The van der Waals surface area contributed by atoms with E-state index in [1.807, 2.05) is 25.1 Å². The number of nitrogens with zero attached hydrogens (tertiary/aromatic N) is 1. The number of hydrogen-bond acceptors (Lipinski definition) is 5. The molecule has 1 aliphatic heterocycles. The van der Waals surface area contributed by atoms with Gasteiger partial charge in [-0.2, -0.15) is 0 Å². The van der Waals surface area contributed by atoms with E-state index in [1.54, 1.807) is 54.6 Å². The van der Waals surface area contributed by atoms with Gasteiger partial charge in [-0.05, 0) is 61.4 Å². The lowest BCUT2D eigenvalue weighted by Crippen LogP contribution is -2.34. The maximum atomic E-state index is 12.8.